The average Bonchev–Trinajstić information content (AvgIpc) is 2.90. The van der Waals surface area contributed by atoms with E-state index in [1.54, 1.807) is 0 Å². The van der Waals surface area contributed by atoms with Crippen LogP contribution in [0.5, 0.6) is 5.75 Å². The molecule has 0 amide bonds. The van der Waals surface area contributed by atoms with E-state index in [9.17, 15) is 0 Å². The van der Waals surface area contributed by atoms with Gasteiger partial charge < -0.3 is 4.74 Å². The number of nitrogens with zero attached hydrogens (tertiary/aromatic N) is 2. The van der Waals surface area contributed by atoms with Gasteiger partial charge in [-0.2, -0.15) is 5.10 Å². The lowest BCUT2D eigenvalue weighted by Gasteiger charge is -2.23. The first-order chi connectivity index (χ1) is 12.1. The molecule has 0 fully saturated rings. The highest BCUT2D eigenvalue weighted by atomic mass is 16.5. The van der Waals surface area contributed by atoms with Crippen molar-refractivity contribution < 1.29 is 4.74 Å². The van der Waals surface area contributed by atoms with Gasteiger partial charge in [-0.25, -0.2) is 4.52 Å². The Morgan fingerprint density at radius 2 is 1.69 bits per heavy atom. The Kier molecular flexibility index (Phi) is 3.56. The second kappa shape index (κ2) is 5.47. The zero-order valence-electron chi connectivity index (χ0n) is 16.4. The molecule has 0 saturated heterocycles. The normalized spacial score (nSPS) is 13.0. The second-order valence-corrected chi connectivity index (χ2v) is 9.03. The van der Waals surface area contributed by atoms with Crippen LogP contribution < -0.4 is 4.74 Å². The van der Waals surface area contributed by atoms with Gasteiger partial charge in [-0.15, -0.1) is 0 Å². The molecular weight excluding hydrogens is 320 g/mol. The van der Waals surface area contributed by atoms with Gasteiger partial charge in [0.1, 0.15) is 16.9 Å². The number of pyridine rings is 1. The number of hydrogen-bond donors (Lipinski definition) is 0. The predicted molar refractivity (Wildman–Crippen MR) is 109 cm³/mol. The Hall–Kier alpha value is -2.55. The zero-order valence-corrected chi connectivity index (χ0v) is 16.4. The summed E-state index contributed by atoms with van der Waals surface area (Å²) < 4.78 is 8.07. The monoisotopic (exact) mass is 346 g/mol. The molecule has 2 aromatic heterocycles. The van der Waals surface area contributed by atoms with Crippen molar-refractivity contribution >= 4 is 27.2 Å². The van der Waals surface area contributed by atoms with E-state index in [-0.39, 0.29) is 11.0 Å². The molecule has 0 aliphatic carbocycles. The quantitative estimate of drug-likeness (QED) is 0.415. The van der Waals surface area contributed by atoms with Crippen LogP contribution in [0.3, 0.4) is 0 Å². The molecule has 0 N–H and O–H groups in total. The Balaban J connectivity index is 2.09. The van der Waals surface area contributed by atoms with E-state index < -0.39 is 0 Å². The molecule has 0 saturated carbocycles. The molecule has 0 radical (unpaired) electrons. The fraction of sp³-hybridized carbons (Fsp3) is 0.348. The van der Waals surface area contributed by atoms with Crippen LogP contribution in [-0.2, 0) is 5.41 Å². The maximum Gasteiger partial charge on any atom is 0.120 e. The lowest BCUT2D eigenvalue weighted by atomic mass is 9.83. The number of benzene rings is 2. The van der Waals surface area contributed by atoms with E-state index in [2.05, 4.69) is 71.9 Å². The predicted octanol–water partition coefficient (Wildman–Crippen LogP) is 6.12. The topological polar surface area (TPSA) is 26.5 Å². The number of rotatable bonds is 1. The number of ether oxygens (including phenoxy) is 1. The van der Waals surface area contributed by atoms with Gasteiger partial charge in [-0.1, -0.05) is 26.8 Å². The third-order valence-corrected chi connectivity index (χ3v) is 4.62. The molecule has 3 nitrogen and oxygen atoms in total. The third kappa shape index (κ3) is 2.82. The van der Waals surface area contributed by atoms with Gasteiger partial charge in [0.05, 0.1) is 5.52 Å². The van der Waals surface area contributed by atoms with E-state index in [0.717, 1.165) is 22.2 Å². The summed E-state index contributed by atoms with van der Waals surface area (Å²) in [7, 11) is 0. The summed E-state index contributed by atoms with van der Waals surface area (Å²) in [4.78, 5) is 0. The first-order valence-electron chi connectivity index (χ1n) is 9.17. The molecule has 26 heavy (non-hydrogen) atoms. The van der Waals surface area contributed by atoms with Gasteiger partial charge in [-0.05, 0) is 73.5 Å². The Morgan fingerprint density at radius 3 is 2.38 bits per heavy atom. The maximum absolute atomic E-state index is 6.08. The van der Waals surface area contributed by atoms with Gasteiger partial charge in [0.2, 0.25) is 0 Å². The first kappa shape index (κ1) is 16.9. The van der Waals surface area contributed by atoms with E-state index in [0.29, 0.717) is 0 Å². The van der Waals surface area contributed by atoms with E-state index in [4.69, 9.17) is 9.84 Å². The maximum atomic E-state index is 6.08. The second-order valence-electron chi connectivity index (χ2n) is 9.03. The van der Waals surface area contributed by atoms with Crippen LogP contribution in [0.15, 0.2) is 48.7 Å². The van der Waals surface area contributed by atoms with Crippen LogP contribution in [0.1, 0.15) is 47.1 Å². The molecule has 0 aliphatic rings. The summed E-state index contributed by atoms with van der Waals surface area (Å²) in [6, 6.07) is 14.9. The standard InChI is InChI=1S/C23H26N2O/c1-22(2,3)18-14-15-13-16(26-23(4,5)6)10-11-17(15)21-20(18)19-9-7-8-12-25(19)24-21/h7-14H,1-6H3. The lowest BCUT2D eigenvalue weighted by Crippen LogP contribution is -2.22. The largest absolute Gasteiger partial charge is 0.488 e. The number of hydrogen-bond acceptors (Lipinski definition) is 2. The summed E-state index contributed by atoms with van der Waals surface area (Å²) in [6.45, 7) is 13.0. The summed E-state index contributed by atoms with van der Waals surface area (Å²) in [5, 5.41) is 8.48. The van der Waals surface area contributed by atoms with Crippen molar-refractivity contribution in [1.29, 1.82) is 0 Å². The summed E-state index contributed by atoms with van der Waals surface area (Å²) >= 11 is 0. The summed E-state index contributed by atoms with van der Waals surface area (Å²) in [5.41, 5.74) is 3.33. The van der Waals surface area contributed by atoms with Crippen molar-refractivity contribution in [3.05, 3.63) is 54.2 Å². The highest BCUT2D eigenvalue weighted by Crippen LogP contribution is 2.38. The van der Waals surface area contributed by atoms with Gasteiger partial charge in [0.25, 0.3) is 0 Å². The molecule has 2 heterocycles. The molecule has 2 aromatic carbocycles. The summed E-state index contributed by atoms with van der Waals surface area (Å²) in [6.07, 6.45) is 2.02. The van der Waals surface area contributed by atoms with Crippen molar-refractivity contribution in [2.75, 3.05) is 0 Å². The van der Waals surface area contributed by atoms with Crippen molar-refractivity contribution in [2.45, 2.75) is 52.6 Å². The SMILES string of the molecule is CC(C)(C)Oc1ccc2c(c1)cc(C(C)(C)C)c1c2nn2ccccc12. The van der Waals surface area contributed by atoms with Crippen LogP contribution in [0.2, 0.25) is 0 Å². The molecular formula is C23H26N2O. The minimum absolute atomic E-state index is 0.0205. The van der Waals surface area contributed by atoms with Crippen molar-refractivity contribution in [3.8, 4) is 5.75 Å². The van der Waals surface area contributed by atoms with Crippen LogP contribution in [0.25, 0.3) is 27.2 Å². The zero-order chi connectivity index (χ0) is 18.7. The number of aromatic nitrogens is 2. The minimum atomic E-state index is -0.215. The highest BCUT2D eigenvalue weighted by molar-refractivity contribution is 6.13. The van der Waals surface area contributed by atoms with Gasteiger partial charge >= 0.3 is 0 Å². The van der Waals surface area contributed by atoms with Crippen molar-refractivity contribution in [2.24, 2.45) is 0 Å². The molecule has 0 spiro atoms. The third-order valence-electron chi connectivity index (χ3n) is 4.62. The van der Waals surface area contributed by atoms with Gasteiger partial charge in [0, 0.05) is 17.0 Å². The van der Waals surface area contributed by atoms with E-state index >= 15 is 0 Å². The number of fused-ring (bicyclic) bond motifs is 5. The van der Waals surface area contributed by atoms with Crippen LogP contribution in [-0.4, -0.2) is 15.2 Å². The molecule has 4 rings (SSSR count). The van der Waals surface area contributed by atoms with Crippen LogP contribution >= 0.6 is 0 Å². The molecule has 0 bridgehead atoms. The Labute approximate surface area is 154 Å². The molecule has 0 aliphatic heterocycles. The van der Waals surface area contributed by atoms with E-state index in [1.807, 2.05) is 22.8 Å². The summed E-state index contributed by atoms with van der Waals surface area (Å²) in [5.74, 6) is 0.896. The fourth-order valence-electron chi connectivity index (χ4n) is 3.56. The molecule has 3 heteroatoms. The minimum Gasteiger partial charge on any atom is -0.488 e. The van der Waals surface area contributed by atoms with Crippen molar-refractivity contribution in [1.82, 2.24) is 9.61 Å². The smallest absolute Gasteiger partial charge is 0.120 e. The van der Waals surface area contributed by atoms with Gasteiger partial charge in [-0.3, -0.25) is 0 Å². The molecule has 0 unspecified atom stereocenters. The Bertz CT molecular complexity index is 1120. The lowest BCUT2D eigenvalue weighted by molar-refractivity contribution is 0.131. The van der Waals surface area contributed by atoms with Crippen LogP contribution in [0, 0.1) is 0 Å². The molecule has 4 aromatic rings. The van der Waals surface area contributed by atoms with Crippen LogP contribution in [0.4, 0.5) is 0 Å². The van der Waals surface area contributed by atoms with E-state index in [1.165, 1.54) is 16.3 Å². The first-order valence-corrected chi connectivity index (χ1v) is 9.17. The molecule has 134 valence electrons. The van der Waals surface area contributed by atoms with Crippen molar-refractivity contribution in [3.63, 3.8) is 0 Å². The van der Waals surface area contributed by atoms with Gasteiger partial charge in [0.15, 0.2) is 0 Å². The average molecular weight is 346 g/mol. The molecule has 0 atom stereocenters. The Morgan fingerprint density at radius 1 is 0.923 bits per heavy atom. The fourth-order valence-corrected chi connectivity index (χ4v) is 3.56. The highest BCUT2D eigenvalue weighted by Gasteiger charge is 2.22.